The summed E-state index contributed by atoms with van der Waals surface area (Å²) in [7, 11) is 0. The van der Waals surface area contributed by atoms with Crippen LogP contribution in [0, 0.1) is 29.6 Å². The zero-order valence-electron chi connectivity index (χ0n) is 18.7. The number of carbonyl (C=O) groups excluding carboxylic acids is 2. The van der Waals surface area contributed by atoms with Crippen LogP contribution in [0.1, 0.15) is 51.5 Å². The van der Waals surface area contributed by atoms with Crippen LogP contribution in [-0.4, -0.2) is 38.2 Å². The molecule has 1 aromatic rings. The number of amides is 1. The lowest BCUT2D eigenvalue weighted by Crippen LogP contribution is -2.48. The Morgan fingerprint density at radius 3 is 2.23 bits per heavy atom. The number of ether oxygens (including phenoxy) is 3. The summed E-state index contributed by atoms with van der Waals surface area (Å²) >= 11 is 0. The first-order valence-electron chi connectivity index (χ1n) is 11.9. The highest BCUT2D eigenvalue weighted by Crippen LogP contribution is 2.56. The Labute approximate surface area is 185 Å². The topological polar surface area (TPSA) is 73.9 Å². The third-order valence-corrected chi connectivity index (χ3v) is 7.19. The van der Waals surface area contributed by atoms with E-state index >= 15 is 0 Å². The van der Waals surface area contributed by atoms with Crippen molar-refractivity contribution < 1.29 is 23.8 Å². The summed E-state index contributed by atoms with van der Waals surface area (Å²) in [6.45, 7) is 5.32. The maximum Gasteiger partial charge on any atom is 0.310 e. The minimum atomic E-state index is -0.242. The molecule has 4 aliphatic rings. The second kappa shape index (κ2) is 9.92. The summed E-state index contributed by atoms with van der Waals surface area (Å²) < 4.78 is 16.7. The highest BCUT2D eigenvalue weighted by atomic mass is 16.5. The van der Waals surface area contributed by atoms with Gasteiger partial charge in [0.25, 0.3) is 5.91 Å². The number of esters is 1. The maximum absolute atomic E-state index is 12.7. The van der Waals surface area contributed by atoms with Crippen LogP contribution in [0.25, 0.3) is 0 Å². The van der Waals surface area contributed by atoms with E-state index in [-0.39, 0.29) is 24.4 Å². The molecule has 4 fully saturated rings. The van der Waals surface area contributed by atoms with Crippen LogP contribution in [0.15, 0.2) is 18.2 Å². The van der Waals surface area contributed by atoms with Crippen molar-refractivity contribution in [3.63, 3.8) is 0 Å². The molecule has 4 aliphatic carbocycles. The molecule has 0 radical (unpaired) electrons. The number of rotatable bonds is 10. The lowest BCUT2D eigenvalue weighted by molar-refractivity contribution is -0.164. The summed E-state index contributed by atoms with van der Waals surface area (Å²) in [4.78, 5) is 24.9. The summed E-state index contributed by atoms with van der Waals surface area (Å²) in [6, 6.07) is 5.83. The van der Waals surface area contributed by atoms with E-state index in [0.29, 0.717) is 38.0 Å². The van der Waals surface area contributed by atoms with Gasteiger partial charge in [0.2, 0.25) is 0 Å². The maximum atomic E-state index is 12.7. The van der Waals surface area contributed by atoms with Gasteiger partial charge in [-0.15, -0.1) is 0 Å². The first-order chi connectivity index (χ1) is 15.1. The van der Waals surface area contributed by atoms with Gasteiger partial charge in [-0.3, -0.25) is 9.59 Å². The lowest BCUT2D eigenvalue weighted by Gasteiger charge is -2.53. The molecule has 1 N–H and O–H groups in total. The Balaban J connectivity index is 1.20. The molecule has 6 heteroatoms. The molecule has 0 saturated heterocycles. The predicted octanol–water partition coefficient (Wildman–Crippen LogP) is 3.76. The van der Waals surface area contributed by atoms with Crippen molar-refractivity contribution in [2.75, 3.05) is 26.4 Å². The van der Waals surface area contributed by atoms with E-state index in [1.54, 1.807) is 0 Å². The highest BCUT2D eigenvalue weighted by molar-refractivity contribution is 5.81. The van der Waals surface area contributed by atoms with E-state index in [9.17, 15) is 9.59 Å². The molecule has 0 heterocycles. The van der Waals surface area contributed by atoms with Crippen molar-refractivity contribution in [1.82, 2.24) is 5.32 Å². The standard InChI is InChI=1S/C25H35NO5/c1-3-29-21-6-5-16(14-22(21)30-4-2)7-8-26-23(27)15-31-25(28)24-19-10-17-9-18(12-19)13-20(24)11-17/h5-6,14,17-20,24H,3-4,7-13,15H2,1-2H3,(H,26,27). The molecule has 1 aromatic carbocycles. The minimum absolute atomic E-state index is 0.0152. The van der Waals surface area contributed by atoms with E-state index in [0.717, 1.165) is 28.9 Å². The van der Waals surface area contributed by atoms with Crippen molar-refractivity contribution in [2.45, 2.75) is 52.4 Å². The molecule has 4 bridgehead atoms. The smallest absolute Gasteiger partial charge is 0.310 e. The van der Waals surface area contributed by atoms with Crippen LogP contribution >= 0.6 is 0 Å². The van der Waals surface area contributed by atoms with Crippen molar-refractivity contribution in [3.05, 3.63) is 23.8 Å². The first kappa shape index (κ1) is 22.0. The normalized spacial score (nSPS) is 28.3. The summed E-state index contributed by atoms with van der Waals surface area (Å²) in [5.74, 6) is 3.66. The van der Waals surface area contributed by atoms with E-state index in [2.05, 4.69) is 5.32 Å². The van der Waals surface area contributed by atoms with Crippen molar-refractivity contribution in [2.24, 2.45) is 29.6 Å². The molecule has 0 aromatic heterocycles. The second-order valence-corrected chi connectivity index (χ2v) is 9.31. The fourth-order valence-electron chi connectivity index (χ4n) is 6.19. The average Bonchev–Trinajstić information content (AvgIpc) is 2.73. The zero-order chi connectivity index (χ0) is 21.8. The van der Waals surface area contributed by atoms with Gasteiger partial charge >= 0.3 is 5.97 Å². The molecule has 4 saturated carbocycles. The monoisotopic (exact) mass is 429 g/mol. The molecular weight excluding hydrogens is 394 g/mol. The fourth-order valence-corrected chi connectivity index (χ4v) is 6.19. The number of benzene rings is 1. The van der Waals surface area contributed by atoms with Gasteiger partial charge in [-0.25, -0.2) is 0 Å². The van der Waals surface area contributed by atoms with Crippen LogP contribution in [0.3, 0.4) is 0 Å². The van der Waals surface area contributed by atoms with Gasteiger partial charge < -0.3 is 19.5 Å². The van der Waals surface area contributed by atoms with Crippen LogP contribution in [0.2, 0.25) is 0 Å². The SMILES string of the molecule is CCOc1ccc(CCNC(=O)COC(=O)C2C3CC4CC(C3)CC2C4)cc1OCC. The quantitative estimate of drug-likeness (QED) is 0.574. The van der Waals surface area contributed by atoms with Crippen molar-refractivity contribution in [3.8, 4) is 11.5 Å². The first-order valence-corrected chi connectivity index (χ1v) is 11.9. The highest BCUT2D eigenvalue weighted by Gasteiger charge is 2.51. The van der Waals surface area contributed by atoms with Gasteiger partial charge in [0.15, 0.2) is 18.1 Å². The van der Waals surface area contributed by atoms with Crippen molar-refractivity contribution >= 4 is 11.9 Å². The Morgan fingerprint density at radius 2 is 1.58 bits per heavy atom. The third-order valence-electron chi connectivity index (χ3n) is 7.19. The Morgan fingerprint density at radius 1 is 0.935 bits per heavy atom. The van der Waals surface area contributed by atoms with Gasteiger partial charge in [-0.2, -0.15) is 0 Å². The fraction of sp³-hybridized carbons (Fsp3) is 0.680. The Kier molecular flexibility index (Phi) is 7.03. The Hall–Kier alpha value is -2.24. The summed E-state index contributed by atoms with van der Waals surface area (Å²) in [5, 5.41) is 2.86. The predicted molar refractivity (Wildman–Crippen MR) is 117 cm³/mol. The second-order valence-electron chi connectivity index (χ2n) is 9.31. The van der Waals surface area contributed by atoms with Crippen LogP contribution < -0.4 is 14.8 Å². The van der Waals surface area contributed by atoms with Gasteiger partial charge in [-0.1, -0.05) is 6.07 Å². The lowest BCUT2D eigenvalue weighted by atomic mass is 9.52. The van der Waals surface area contributed by atoms with Crippen molar-refractivity contribution in [1.29, 1.82) is 0 Å². The molecule has 6 nitrogen and oxygen atoms in total. The third kappa shape index (κ3) is 5.16. The molecule has 0 unspecified atom stereocenters. The van der Waals surface area contributed by atoms with Crippen LogP contribution in [-0.2, 0) is 20.7 Å². The molecular formula is C25H35NO5. The molecule has 0 aliphatic heterocycles. The number of carbonyl (C=O) groups is 2. The van der Waals surface area contributed by atoms with Gasteiger partial charge in [0.05, 0.1) is 19.1 Å². The largest absolute Gasteiger partial charge is 0.490 e. The number of hydrogen-bond acceptors (Lipinski definition) is 5. The Bertz CT molecular complexity index is 764. The zero-order valence-corrected chi connectivity index (χ0v) is 18.7. The minimum Gasteiger partial charge on any atom is -0.490 e. The number of hydrogen-bond donors (Lipinski definition) is 1. The molecule has 5 rings (SSSR count). The molecule has 170 valence electrons. The van der Waals surface area contributed by atoms with Gasteiger partial charge in [0, 0.05) is 6.54 Å². The summed E-state index contributed by atoms with van der Waals surface area (Å²) in [5.41, 5.74) is 1.05. The van der Waals surface area contributed by atoms with E-state index in [1.165, 1.54) is 32.1 Å². The van der Waals surface area contributed by atoms with Gasteiger partial charge in [0.1, 0.15) is 0 Å². The average molecular weight is 430 g/mol. The molecule has 31 heavy (non-hydrogen) atoms. The van der Waals surface area contributed by atoms with E-state index in [4.69, 9.17) is 14.2 Å². The molecule has 0 spiro atoms. The summed E-state index contributed by atoms with van der Waals surface area (Å²) in [6.07, 6.45) is 6.71. The van der Waals surface area contributed by atoms with Gasteiger partial charge in [-0.05, 0) is 93.7 Å². The van der Waals surface area contributed by atoms with E-state index in [1.807, 2.05) is 32.0 Å². The van der Waals surface area contributed by atoms with Crippen LogP contribution in [0.5, 0.6) is 11.5 Å². The van der Waals surface area contributed by atoms with Crippen LogP contribution in [0.4, 0.5) is 0 Å². The van der Waals surface area contributed by atoms with E-state index < -0.39 is 0 Å². The number of nitrogens with one attached hydrogen (secondary N) is 1. The molecule has 0 atom stereocenters. The molecule has 1 amide bonds.